The van der Waals surface area contributed by atoms with Gasteiger partial charge < -0.3 is 15.4 Å². The van der Waals surface area contributed by atoms with E-state index in [0.717, 1.165) is 17.9 Å². The smallest absolute Gasteiger partial charge is 0.264 e. The number of nitrogens with one attached hydrogen (secondary N) is 2. The number of para-hydroxylation sites is 1. The lowest BCUT2D eigenvalue weighted by Crippen LogP contribution is -2.66. The third-order valence-corrected chi connectivity index (χ3v) is 5.72. The maximum atomic E-state index is 12.8. The highest BCUT2D eigenvalue weighted by atomic mass is 16.5. The van der Waals surface area contributed by atoms with Gasteiger partial charge >= 0.3 is 0 Å². The Morgan fingerprint density at radius 1 is 1.09 bits per heavy atom. The summed E-state index contributed by atoms with van der Waals surface area (Å²) in [5, 5.41) is 6.03. The van der Waals surface area contributed by atoms with Crippen molar-refractivity contribution in [1.29, 1.82) is 0 Å². The Labute approximate surface area is 133 Å². The number of likely N-dealkylation sites (N-methyl/N-ethyl adjacent to an activating group) is 1. The van der Waals surface area contributed by atoms with E-state index in [1.165, 1.54) is 0 Å². The first-order valence-corrected chi connectivity index (χ1v) is 7.90. The van der Waals surface area contributed by atoms with Crippen LogP contribution in [0.4, 0.5) is 0 Å². The molecule has 1 heterocycles. The standard InChI is InChI=1S/C18H28N2O2/c1-16(2)13-9-7-8-10-14(13)22-18(5,17(16,3)4)15(21)20-12-11-19-6/h7-10,19H,11-12H2,1-6H3,(H,20,21). The molecule has 2 rings (SSSR count). The van der Waals surface area contributed by atoms with Crippen molar-refractivity contribution in [2.75, 3.05) is 20.1 Å². The number of rotatable bonds is 4. The van der Waals surface area contributed by atoms with Crippen molar-refractivity contribution >= 4 is 5.91 Å². The number of hydrogen-bond acceptors (Lipinski definition) is 3. The molecule has 0 fully saturated rings. The number of fused-ring (bicyclic) bond motifs is 1. The van der Waals surface area contributed by atoms with E-state index in [-0.39, 0.29) is 16.7 Å². The van der Waals surface area contributed by atoms with Crippen LogP contribution in [0, 0.1) is 5.41 Å². The first-order valence-electron chi connectivity index (χ1n) is 7.90. The largest absolute Gasteiger partial charge is 0.477 e. The van der Waals surface area contributed by atoms with Gasteiger partial charge in [-0.15, -0.1) is 0 Å². The zero-order valence-corrected chi connectivity index (χ0v) is 14.5. The zero-order valence-electron chi connectivity index (χ0n) is 14.5. The van der Waals surface area contributed by atoms with Crippen molar-refractivity contribution in [1.82, 2.24) is 10.6 Å². The maximum absolute atomic E-state index is 12.8. The molecule has 0 aromatic heterocycles. The van der Waals surface area contributed by atoms with Crippen molar-refractivity contribution in [2.24, 2.45) is 5.41 Å². The molecule has 22 heavy (non-hydrogen) atoms. The summed E-state index contributed by atoms with van der Waals surface area (Å²) in [7, 11) is 1.87. The highest BCUT2D eigenvalue weighted by Gasteiger charge is 2.60. The normalized spacial score (nSPS) is 25.0. The number of benzene rings is 1. The van der Waals surface area contributed by atoms with E-state index < -0.39 is 5.60 Å². The number of carbonyl (C=O) groups is 1. The van der Waals surface area contributed by atoms with Crippen molar-refractivity contribution in [3.05, 3.63) is 29.8 Å². The summed E-state index contributed by atoms with van der Waals surface area (Å²) >= 11 is 0. The maximum Gasteiger partial charge on any atom is 0.264 e. The second-order valence-corrected chi connectivity index (χ2v) is 7.24. The molecule has 1 amide bonds. The lowest BCUT2D eigenvalue weighted by molar-refractivity contribution is -0.155. The SMILES string of the molecule is CNCCNC(=O)C1(C)Oc2ccccc2C(C)(C)C1(C)C. The van der Waals surface area contributed by atoms with Gasteiger partial charge in [0.2, 0.25) is 0 Å². The lowest BCUT2D eigenvalue weighted by atomic mass is 9.55. The topological polar surface area (TPSA) is 50.4 Å². The van der Waals surface area contributed by atoms with Gasteiger partial charge in [0.05, 0.1) is 0 Å². The highest BCUT2D eigenvalue weighted by molar-refractivity contribution is 5.87. The minimum Gasteiger partial charge on any atom is -0.477 e. The van der Waals surface area contributed by atoms with Crippen LogP contribution in [0.2, 0.25) is 0 Å². The second kappa shape index (κ2) is 5.58. The fraction of sp³-hybridized carbons (Fsp3) is 0.611. The van der Waals surface area contributed by atoms with E-state index in [9.17, 15) is 4.79 Å². The Bertz CT molecular complexity index is 566. The Balaban J connectivity index is 2.43. The van der Waals surface area contributed by atoms with Crippen molar-refractivity contribution in [3.63, 3.8) is 0 Å². The van der Waals surface area contributed by atoms with Crippen molar-refractivity contribution in [3.8, 4) is 5.75 Å². The summed E-state index contributed by atoms with van der Waals surface area (Å²) in [5.41, 5.74) is -0.311. The van der Waals surface area contributed by atoms with Crippen LogP contribution < -0.4 is 15.4 Å². The van der Waals surface area contributed by atoms with E-state index >= 15 is 0 Å². The van der Waals surface area contributed by atoms with Gasteiger partial charge in [-0.3, -0.25) is 4.79 Å². The summed E-state index contributed by atoms with van der Waals surface area (Å²) in [6, 6.07) is 8.02. The molecule has 122 valence electrons. The third kappa shape index (κ3) is 2.30. The summed E-state index contributed by atoms with van der Waals surface area (Å²) in [6.45, 7) is 11.8. The summed E-state index contributed by atoms with van der Waals surface area (Å²) in [4.78, 5) is 12.8. The van der Waals surface area contributed by atoms with Gasteiger partial charge in [0.1, 0.15) is 5.75 Å². The van der Waals surface area contributed by atoms with Crippen LogP contribution >= 0.6 is 0 Å². The Kier molecular flexibility index (Phi) is 4.26. The van der Waals surface area contributed by atoms with Gasteiger partial charge in [-0.1, -0.05) is 45.9 Å². The van der Waals surface area contributed by atoms with Gasteiger partial charge in [0, 0.05) is 29.5 Å². The predicted octanol–water partition coefficient (Wildman–Crippen LogP) is 2.48. The molecule has 2 N–H and O–H groups in total. The molecule has 0 saturated carbocycles. The first-order chi connectivity index (χ1) is 10.2. The fourth-order valence-electron chi connectivity index (χ4n) is 3.15. The molecule has 4 nitrogen and oxygen atoms in total. The quantitative estimate of drug-likeness (QED) is 0.840. The molecule has 0 bridgehead atoms. The van der Waals surface area contributed by atoms with Crippen LogP contribution in [-0.2, 0) is 10.2 Å². The van der Waals surface area contributed by atoms with E-state index in [2.05, 4.69) is 44.4 Å². The zero-order chi connectivity index (χ0) is 16.6. The molecular weight excluding hydrogens is 276 g/mol. The van der Waals surface area contributed by atoms with Crippen molar-refractivity contribution < 1.29 is 9.53 Å². The van der Waals surface area contributed by atoms with Gasteiger partial charge in [-0.05, 0) is 20.0 Å². The molecule has 0 saturated heterocycles. The van der Waals surface area contributed by atoms with Crippen LogP contribution in [0.25, 0.3) is 0 Å². The minimum absolute atomic E-state index is 0.0599. The Morgan fingerprint density at radius 2 is 1.73 bits per heavy atom. The molecule has 1 aromatic rings. The number of hydrogen-bond donors (Lipinski definition) is 2. The Hall–Kier alpha value is -1.55. The first kappa shape index (κ1) is 16.8. The van der Waals surface area contributed by atoms with E-state index in [0.29, 0.717) is 6.54 Å². The van der Waals surface area contributed by atoms with Gasteiger partial charge in [0.25, 0.3) is 5.91 Å². The molecule has 1 aliphatic heterocycles. The van der Waals surface area contributed by atoms with Crippen LogP contribution in [0.15, 0.2) is 24.3 Å². The molecule has 0 radical (unpaired) electrons. The Morgan fingerprint density at radius 3 is 2.36 bits per heavy atom. The van der Waals surface area contributed by atoms with Gasteiger partial charge in [0.15, 0.2) is 5.60 Å². The highest BCUT2D eigenvalue weighted by Crippen LogP contribution is 2.56. The van der Waals surface area contributed by atoms with Crippen LogP contribution in [0.3, 0.4) is 0 Å². The molecule has 1 aliphatic rings. The van der Waals surface area contributed by atoms with E-state index in [4.69, 9.17) is 4.74 Å². The van der Waals surface area contributed by atoms with E-state index in [1.807, 2.05) is 32.2 Å². The third-order valence-electron chi connectivity index (χ3n) is 5.72. The molecule has 4 heteroatoms. The predicted molar refractivity (Wildman–Crippen MR) is 89.2 cm³/mol. The number of ether oxygens (including phenoxy) is 1. The molecule has 0 aliphatic carbocycles. The minimum atomic E-state index is -0.918. The molecule has 1 atom stereocenters. The fourth-order valence-corrected chi connectivity index (χ4v) is 3.15. The number of amides is 1. The van der Waals surface area contributed by atoms with Gasteiger partial charge in [-0.25, -0.2) is 0 Å². The molecular formula is C18H28N2O2. The summed E-state index contributed by atoms with van der Waals surface area (Å²) in [5.74, 6) is 0.744. The molecule has 1 aromatic carbocycles. The lowest BCUT2D eigenvalue weighted by Gasteiger charge is -2.56. The van der Waals surface area contributed by atoms with Gasteiger partial charge in [-0.2, -0.15) is 0 Å². The monoisotopic (exact) mass is 304 g/mol. The molecule has 0 spiro atoms. The van der Waals surface area contributed by atoms with Crippen LogP contribution in [0.1, 0.15) is 40.2 Å². The molecule has 1 unspecified atom stereocenters. The van der Waals surface area contributed by atoms with Crippen LogP contribution in [0.5, 0.6) is 5.75 Å². The summed E-state index contributed by atoms with van der Waals surface area (Å²) < 4.78 is 6.23. The van der Waals surface area contributed by atoms with E-state index in [1.54, 1.807) is 0 Å². The number of carbonyl (C=O) groups excluding carboxylic acids is 1. The van der Waals surface area contributed by atoms with Crippen LogP contribution in [-0.4, -0.2) is 31.6 Å². The van der Waals surface area contributed by atoms with Crippen molar-refractivity contribution in [2.45, 2.75) is 45.6 Å². The average Bonchev–Trinajstić information content (AvgIpc) is 2.46. The second-order valence-electron chi connectivity index (χ2n) is 7.24. The average molecular weight is 304 g/mol. The summed E-state index contributed by atoms with van der Waals surface area (Å²) in [6.07, 6.45) is 0.